The van der Waals surface area contributed by atoms with Crippen molar-refractivity contribution in [1.82, 2.24) is 25.0 Å². The lowest BCUT2D eigenvalue weighted by atomic mass is 9.96. The van der Waals surface area contributed by atoms with Gasteiger partial charge in [0.05, 0.1) is 35.4 Å². The molecule has 1 aliphatic rings. The smallest absolute Gasteiger partial charge is 0.133 e. The fourth-order valence-electron chi connectivity index (χ4n) is 4.23. The topological polar surface area (TPSA) is 108 Å². The molecule has 1 aliphatic carbocycles. The minimum absolute atomic E-state index is 0.0193. The number of fused-ring (bicyclic) bond motifs is 1. The van der Waals surface area contributed by atoms with Gasteiger partial charge in [-0.15, -0.1) is 5.10 Å². The molecule has 1 atom stereocenters. The molecule has 3 heterocycles. The molecule has 0 radical (unpaired) electrons. The Morgan fingerprint density at radius 3 is 2.76 bits per heavy atom. The van der Waals surface area contributed by atoms with Crippen LogP contribution in [0.5, 0.6) is 0 Å². The van der Waals surface area contributed by atoms with Crippen LogP contribution in [-0.2, 0) is 0 Å². The van der Waals surface area contributed by atoms with Gasteiger partial charge in [0, 0.05) is 49.7 Å². The normalized spacial score (nSPS) is 15.4. The Hall–Kier alpha value is -3.90. The maximum absolute atomic E-state index is 9.83. The number of hydrogen-bond acceptors (Lipinski definition) is 8. The largest absolute Gasteiger partial charge is 0.383 e. The van der Waals surface area contributed by atoms with Crippen LogP contribution in [-0.4, -0.2) is 45.6 Å². The molecular weight excluding hydrogens is 498 g/mol. The van der Waals surface area contributed by atoms with Crippen molar-refractivity contribution in [3.8, 4) is 6.07 Å². The summed E-state index contributed by atoms with van der Waals surface area (Å²) in [6.07, 6.45) is 7.18. The molecule has 1 saturated carbocycles. The second-order valence-corrected chi connectivity index (χ2v) is 11.4. The van der Waals surface area contributed by atoms with Crippen molar-refractivity contribution < 1.29 is 1.37 Å². The number of pyridine rings is 2. The molecule has 0 unspecified atom stereocenters. The van der Waals surface area contributed by atoms with Gasteiger partial charge in [-0.2, -0.15) is 5.26 Å². The molecule has 0 amide bonds. The molecule has 0 aliphatic heterocycles. The molecule has 196 valence electrons. The monoisotopic (exact) mass is 530 g/mol. The van der Waals surface area contributed by atoms with Crippen molar-refractivity contribution >= 4 is 39.7 Å². The number of hydrogen-bond donors (Lipinski definition) is 2. The van der Waals surface area contributed by atoms with E-state index < -0.39 is 6.02 Å². The summed E-state index contributed by atoms with van der Waals surface area (Å²) >= 11 is 6.75. The maximum Gasteiger partial charge on any atom is 0.133 e. The van der Waals surface area contributed by atoms with E-state index in [0.717, 1.165) is 12.8 Å². The standard InChI is InChI=1S/C28H32ClN9/c1-28(2,3)16-33-24-17(13-30)14-32-25-21(24)11-18(12-22(25)29)34-26(20-7-6-10-31-27(20)37(4)5)23-15-38(36-35-23)19-8-9-19/h6-7,10-12,14-15,19,26,34H,8-9,16H2,1-5H3,(H,32,33)/t26-/m0/s1/i26D. The van der Waals surface area contributed by atoms with Crippen LogP contribution in [0.15, 0.2) is 42.9 Å². The quantitative estimate of drug-likeness (QED) is 0.294. The summed E-state index contributed by atoms with van der Waals surface area (Å²) in [6, 6.07) is 8.32. The number of nitrogens with one attached hydrogen (secondary N) is 2. The molecule has 0 bridgehead atoms. The molecule has 10 heteroatoms. The predicted molar refractivity (Wildman–Crippen MR) is 152 cm³/mol. The van der Waals surface area contributed by atoms with Crippen LogP contribution >= 0.6 is 11.6 Å². The Morgan fingerprint density at radius 2 is 2.08 bits per heavy atom. The number of nitrogens with zero attached hydrogens (tertiary/aromatic N) is 7. The molecule has 5 rings (SSSR count). The third-order valence-electron chi connectivity index (χ3n) is 6.28. The number of benzene rings is 1. The molecule has 1 fully saturated rings. The van der Waals surface area contributed by atoms with Crippen molar-refractivity contribution in [1.29, 1.82) is 5.26 Å². The van der Waals surface area contributed by atoms with Gasteiger partial charge in [-0.25, -0.2) is 9.67 Å². The van der Waals surface area contributed by atoms with Crippen molar-refractivity contribution in [2.45, 2.75) is 45.7 Å². The molecule has 3 aromatic heterocycles. The van der Waals surface area contributed by atoms with E-state index in [-0.39, 0.29) is 5.41 Å². The van der Waals surface area contributed by atoms with Crippen molar-refractivity contribution in [2.75, 3.05) is 36.2 Å². The van der Waals surface area contributed by atoms with Gasteiger partial charge in [-0.3, -0.25) is 4.98 Å². The van der Waals surface area contributed by atoms with Crippen LogP contribution < -0.4 is 15.5 Å². The highest BCUT2D eigenvalue weighted by Crippen LogP contribution is 2.38. The highest BCUT2D eigenvalue weighted by atomic mass is 35.5. The first kappa shape index (κ1) is 24.4. The third kappa shape index (κ3) is 5.36. The van der Waals surface area contributed by atoms with Crippen LogP contribution in [0, 0.1) is 16.7 Å². The van der Waals surface area contributed by atoms with Crippen molar-refractivity contribution in [3.05, 3.63) is 64.7 Å². The van der Waals surface area contributed by atoms with Gasteiger partial charge in [-0.05, 0) is 36.5 Å². The Bertz CT molecular complexity index is 1570. The second-order valence-electron chi connectivity index (χ2n) is 11.0. The second kappa shape index (κ2) is 10.1. The summed E-state index contributed by atoms with van der Waals surface area (Å²) in [5.41, 5.74) is 3.27. The highest BCUT2D eigenvalue weighted by Gasteiger charge is 2.28. The van der Waals surface area contributed by atoms with E-state index >= 15 is 0 Å². The summed E-state index contributed by atoms with van der Waals surface area (Å²) in [5.74, 6) is 0.633. The van der Waals surface area contributed by atoms with Gasteiger partial charge < -0.3 is 15.5 Å². The zero-order chi connectivity index (χ0) is 27.9. The van der Waals surface area contributed by atoms with Gasteiger partial charge in [0.25, 0.3) is 0 Å². The molecular formula is C28H32ClN9. The van der Waals surface area contributed by atoms with Gasteiger partial charge in [0.1, 0.15) is 23.6 Å². The van der Waals surface area contributed by atoms with Gasteiger partial charge in [0.15, 0.2) is 0 Å². The van der Waals surface area contributed by atoms with Gasteiger partial charge in [0.2, 0.25) is 0 Å². The molecule has 0 saturated heterocycles. The first-order chi connectivity index (χ1) is 18.5. The molecule has 2 N–H and O–H groups in total. The summed E-state index contributed by atoms with van der Waals surface area (Å²) in [5, 5.41) is 26.5. The van der Waals surface area contributed by atoms with Gasteiger partial charge >= 0.3 is 0 Å². The lowest BCUT2D eigenvalue weighted by Gasteiger charge is -2.24. The average molecular weight is 531 g/mol. The Labute approximate surface area is 229 Å². The zero-order valence-electron chi connectivity index (χ0n) is 23.2. The molecule has 0 spiro atoms. The summed E-state index contributed by atoms with van der Waals surface area (Å²) in [7, 11) is 3.78. The van der Waals surface area contributed by atoms with Crippen molar-refractivity contribution in [2.24, 2.45) is 5.41 Å². The molecule has 38 heavy (non-hydrogen) atoms. The molecule has 9 nitrogen and oxygen atoms in total. The number of nitriles is 1. The average Bonchev–Trinajstić information content (AvgIpc) is 3.62. The first-order valence-electron chi connectivity index (χ1n) is 13.1. The van der Waals surface area contributed by atoms with E-state index in [1.54, 1.807) is 12.3 Å². The molecule has 4 aromatic rings. The Morgan fingerprint density at radius 1 is 1.29 bits per heavy atom. The van der Waals surface area contributed by atoms with Crippen LogP contribution in [0.3, 0.4) is 0 Å². The fraction of sp³-hybridized carbons (Fsp3) is 0.393. The number of halogens is 1. The van der Waals surface area contributed by atoms with Gasteiger partial charge in [-0.1, -0.05) is 43.7 Å². The summed E-state index contributed by atoms with van der Waals surface area (Å²) in [6.45, 7) is 7.00. The minimum atomic E-state index is -1.54. The van der Waals surface area contributed by atoms with E-state index in [0.29, 0.717) is 62.5 Å². The SMILES string of the molecule is [2H][C@@](Nc1cc(Cl)c2ncc(C#N)c(NCC(C)(C)C)c2c1)(c1cn(C2CC2)nn1)c1cccnc1N(C)C. The maximum atomic E-state index is 9.83. The number of rotatable bonds is 8. The summed E-state index contributed by atoms with van der Waals surface area (Å²) in [4.78, 5) is 10.9. The van der Waals surface area contributed by atoms with Crippen molar-refractivity contribution in [3.63, 3.8) is 0 Å². The fourth-order valence-corrected chi connectivity index (χ4v) is 4.50. The summed E-state index contributed by atoms with van der Waals surface area (Å²) < 4.78 is 11.6. The third-order valence-corrected chi connectivity index (χ3v) is 6.57. The van der Waals surface area contributed by atoms with E-state index in [4.69, 9.17) is 11.6 Å². The predicted octanol–water partition coefficient (Wildman–Crippen LogP) is 5.81. The van der Waals surface area contributed by atoms with Crippen LogP contribution in [0.1, 0.15) is 63.9 Å². The van der Waals surface area contributed by atoms with E-state index in [1.807, 2.05) is 48.1 Å². The Kier molecular flexibility index (Phi) is 6.50. The zero-order valence-corrected chi connectivity index (χ0v) is 23.0. The Balaban J connectivity index is 1.66. The van der Waals surface area contributed by atoms with Crippen LogP contribution in [0.25, 0.3) is 10.9 Å². The lowest BCUT2D eigenvalue weighted by Crippen LogP contribution is -2.20. The van der Waals surface area contributed by atoms with E-state index in [1.165, 1.54) is 6.20 Å². The highest BCUT2D eigenvalue weighted by molar-refractivity contribution is 6.35. The molecule has 1 aromatic carbocycles. The van der Waals surface area contributed by atoms with E-state index in [9.17, 15) is 6.63 Å². The number of anilines is 3. The van der Waals surface area contributed by atoms with Crippen LogP contribution in [0.4, 0.5) is 17.2 Å². The first-order valence-corrected chi connectivity index (χ1v) is 13.0. The minimum Gasteiger partial charge on any atom is -0.383 e. The number of aromatic nitrogens is 5. The van der Waals surface area contributed by atoms with Crippen LogP contribution in [0.2, 0.25) is 5.02 Å². The van der Waals surface area contributed by atoms with E-state index in [2.05, 4.69) is 57.8 Å². The lowest BCUT2D eigenvalue weighted by molar-refractivity contribution is 0.443.